The van der Waals surface area contributed by atoms with Gasteiger partial charge >= 0.3 is 0 Å². The minimum absolute atomic E-state index is 0.107. The zero-order valence-corrected chi connectivity index (χ0v) is 9.96. The van der Waals surface area contributed by atoms with Crippen molar-refractivity contribution in [3.63, 3.8) is 0 Å². The highest BCUT2D eigenvalue weighted by Crippen LogP contribution is 2.05. The maximum Gasteiger partial charge on any atom is 0.241 e. The summed E-state index contributed by atoms with van der Waals surface area (Å²) in [4.78, 5) is 15.7. The van der Waals surface area contributed by atoms with Crippen molar-refractivity contribution in [2.24, 2.45) is 0 Å². The van der Waals surface area contributed by atoms with E-state index in [4.69, 9.17) is 0 Å². The van der Waals surface area contributed by atoms with E-state index in [0.29, 0.717) is 12.4 Å². The van der Waals surface area contributed by atoms with Crippen LogP contribution in [0, 0.1) is 0 Å². The number of aromatic nitrogens is 2. The van der Waals surface area contributed by atoms with Crippen LogP contribution in [0.15, 0.2) is 41.2 Å². The maximum absolute atomic E-state index is 11.8. The van der Waals surface area contributed by atoms with Crippen LogP contribution in [0.4, 0.5) is 5.69 Å². The average molecular weight is 246 g/mol. The first kappa shape index (κ1) is 12.3. The fourth-order valence-corrected chi connectivity index (χ4v) is 1.38. The summed E-state index contributed by atoms with van der Waals surface area (Å²) in [6.07, 6.45) is 1.26. The predicted molar refractivity (Wildman–Crippen MR) is 65.7 cm³/mol. The minimum atomic E-state index is -0.344. The topological polar surface area (TPSA) is 80.1 Å². The third-order valence-electron chi connectivity index (χ3n) is 2.41. The SMILES string of the molecule is CC(NCc1ncon1)C(=O)Nc1ccccc1. The number of benzene rings is 1. The Kier molecular flexibility index (Phi) is 4.03. The first-order valence-electron chi connectivity index (χ1n) is 5.60. The predicted octanol–water partition coefficient (Wildman–Crippen LogP) is 1.19. The highest BCUT2D eigenvalue weighted by Gasteiger charge is 2.12. The van der Waals surface area contributed by atoms with E-state index in [0.717, 1.165) is 5.69 Å². The Hall–Kier alpha value is -2.21. The van der Waals surface area contributed by atoms with Crippen LogP contribution >= 0.6 is 0 Å². The number of para-hydroxylation sites is 1. The van der Waals surface area contributed by atoms with E-state index in [1.54, 1.807) is 6.92 Å². The third-order valence-corrected chi connectivity index (χ3v) is 2.41. The van der Waals surface area contributed by atoms with Crippen molar-refractivity contribution in [1.29, 1.82) is 0 Å². The molecule has 2 aromatic rings. The molecule has 18 heavy (non-hydrogen) atoms. The Bertz CT molecular complexity index is 484. The number of hydrogen-bond acceptors (Lipinski definition) is 5. The van der Waals surface area contributed by atoms with E-state index < -0.39 is 0 Å². The first-order valence-corrected chi connectivity index (χ1v) is 5.60. The highest BCUT2D eigenvalue weighted by atomic mass is 16.5. The van der Waals surface area contributed by atoms with Gasteiger partial charge in [0.2, 0.25) is 12.3 Å². The second-order valence-electron chi connectivity index (χ2n) is 3.81. The lowest BCUT2D eigenvalue weighted by Gasteiger charge is -2.12. The summed E-state index contributed by atoms with van der Waals surface area (Å²) in [6.45, 7) is 2.16. The van der Waals surface area contributed by atoms with Crippen molar-refractivity contribution in [2.45, 2.75) is 19.5 Å². The third kappa shape index (κ3) is 3.39. The number of nitrogens with one attached hydrogen (secondary N) is 2. The van der Waals surface area contributed by atoms with Gasteiger partial charge in [-0.15, -0.1) is 0 Å². The number of anilines is 1. The number of rotatable bonds is 5. The molecule has 0 fully saturated rings. The smallest absolute Gasteiger partial charge is 0.241 e. The number of hydrogen-bond donors (Lipinski definition) is 2. The molecule has 0 radical (unpaired) electrons. The summed E-state index contributed by atoms with van der Waals surface area (Å²) < 4.78 is 4.60. The van der Waals surface area contributed by atoms with E-state index in [9.17, 15) is 4.79 Å². The number of carbonyl (C=O) groups excluding carboxylic acids is 1. The molecule has 0 aliphatic heterocycles. The van der Waals surface area contributed by atoms with Crippen LogP contribution < -0.4 is 10.6 Å². The zero-order valence-electron chi connectivity index (χ0n) is 9.96. The molecule has 1 amide bonds. The van der Waals surface area contributed by atoms with Crippen molar-refractivity contribution in [3.05, 3.63) is 42.5 Å². The molecule has 6 nitrogen and oxygen atoms in total. The van der Waals surface area contributed by atoms with E-state index >= 15 is 0 Å². The summed E-state index contributed by atoms with van der Waals surface area (Å²) in [5.74, 6) is 0.416. The van der Waals surface area contributed by atoms with Crippen LogP contribution in [0.5, 0.6) is 0 Å². The molecule has 0 saturated carbocycles. The van der Waals surface area contributed by atoms with Gasteiger partial charge in [-0.1, -0.05) is 23.4 Å². The van der Waals surface area contributed by atoms with E-state index in [1.165, 1.54) is 6.39 Å². The molecule has 2 N–H and O–H groups in total. The molecule has 6 heteroatoms. The van der Waals surface area contributed by atoms with Crippen LogP contribution in [-0.4, -0.2) is 22.1 Å². The minimum Gasteiger partial charge on any atom is -0.343 e. The molecule has 0 bridgehead atoms. The lowest BCUT2D eigenvalue weighted by molar-refractivity contribution is -0.117. The molecule has 0 spiro atoms. The molecule has 94 valence electrons. The van der Waals surface area contributed by atoms with Crippen molar-refractivity contribution >= 4 is 11.6 Å². The standard InChI is InChI=1S/C12H14N4O2/c1-9(13-7-11-14-8-18-16-11)12(17)15-10-5-3-2-4-6-10/h2-6,8-9,13H,7H2,1H3,(H,15,17). The van der Waals surface area contributed by atoms with Crippen LogP contribution in [0.2, 0.25) is 0 Å². The van der Waals surface area contributed by atoms with Gasteiger partial charge in [0.05, 0.1) is 12.6 Å². The lowest BCUT2D eigenvalue weighted by Crippen LogP contribution is -2.37. The van der Waals surface area contributed by atoms with E-state index in [-0.39, 0.29) is 11.9 Å². The zero-order chi connectivity index (χ0) is 12.8. The lowest BCUT2D eigenvalue weighted by atomic mass is 10.2. The normalized spacial score (nSPS) is 12.1. The largest absolute Gasteiger partial charge is 0.343 e. The fraction of sp³-hybridized carbons (Fsp3) is 0.250. The number of carbonyl (C=O) groups is 1. The molecule has 0 aliphatic carbocycles. The molecule has 0 saturated heterocycles. The molecular weight excluding hydrogens is 232 g/mol. The van der Waals surface area contributed by atoms with Crippen LogP contribution in [0.1, 0.15) is 12.7 Å². The Balaban J connectivity index is 1.82. The van der Waals surface area contributed by atoms with Crippen LogP contribution in [0.3, 0.4) is 0 Å². The van der Waals surface area contributed by atoms with Gasteiger partial charge in [-0.3, -0.25) is 10.1 Å². The summed E-state index contributed by atoms with van der Waals surface area (Å²) >= 11 is 0. The van der Waals surface area contributed by atoms with Crippen molar-refractivity contribution in [2.75, 3.05) is 5.32 Å². The fourth-order valence-electron chi connectivity index (χ4n) is 1.38. The first-order chi connectivity index (χ1) is 8.75. The number of nitrogens with zero attached hydrogens (tertiary/aromatic N) is 2. The van der Waals surface area contributed by atoms with Gasteiger partial charge in [0.1, 0.15) is 0 Å². The van der Waals surface area contributed by atoms with E-state index in [2.05, 4.69) is 25.3 Å². The van der Waals surface area contributed by atoms with Gasteiger partial charge in [0.15, 0.2) is 5.82 Å². The molecule has 1 aromatic heterocycles. The monoisotopic (exact) mass is 246 g/mol. The molecule has 2 rings (SSSR count). The van der Waals surface area contributed by atoms with E-state index in [1.807, 2.05) is 30.3 Å². The Morgan fingerprint density at radius 1 is 1.39 bits per heavy atom. The Labute approximate surface area is 104 Å². The van der Waals surface area contributed by atoms with Crippen molar-refractivity contribution in [1.82, 2.24) is 15.5 Å². The molecule has 1 heterocycles. The van der Waals surface area contributed by atoms with Gasteiger partial charge in [0, 0.05) is 5.69 Å². The van der Waals surface area contributed by atoms with Gasteiger partial charge < -0.3 is 9.84 Å². The summed E-state index contributed by atoms with van der Waals surface area (Å²) in [7, 11) is 0. The maximum atomic E-state index is 11.8. The van der Waals surface area contributed by atoms with Gasteiger partial charge in [0.25, 0.3) is 0 Å². The van der Waals surface area contributed by atoms with Crippen LogP contribution in [-0.2, 0) is 11.3 Å². The summed E-state index contributed by atoms with van der Waals surface area (Å²) in [6, 6.07) is 8.96. The second kappa shape index (κ2) is 5.92. The van der Waals surface area contributed by atoms with Crippen molar-refractivity contribution in [3.8, 4) is 0 Å². The van der Waals surface area contributed by atoms with Gasteiger partial charge in [-0.2, -0.15) is 4.98 Å². The van der Waals surface area contributed by atoms with Crippen LogP contribution in [0.25, 0.3) is 0 Å². The Morgan fingerprint density at radius 3 is 2.83 bits per heavy atom. The number of amides is 1. The summed E-state index contributed by atoms with van der Waals surface area (Å²) in [5, 5.41) is 9.47. The second-order valence-corrected chi connectivity index (χ2v) is 3.81. The van der Waals surface area contributed by atoms with Gasteiger partial charge in [-0.05, 0) is 19.1 Å². The van der Waals surface area contributed by atoms with Gasteiger partial charge in [-0.25, -0.2) is 0 Å². The molecule has 1 unspecified atom stereocenters. The van der Waals surface area contributed by atoms with Crippen molar-refractivity contribution < 1.29 is 9.32 Å². The molecular formula is C12H14N4O2. The molecule has 1 atom stereocenters. The molecule has 1 aromatic carbocycles. The quantitative estimate of drug-likeness (QED) is 0.828. The summed E-state index contributed by atoms with van der Waals surface area (Å²) in [5.41, 5.74) is 0.774. The molecule has 0 aliphatic rings. The Morgan fingerprint density at radius 2 is 2.17 bits per heavy atom. The highest BCUT2D eigenvalue weighted by molar-refractivity contribution is 5.94. The average Bonchev–Trinajstić information content (AvgIpc) is 2.90.